The first-order valence-corrected chi connectivity index (χ1v) is 1.69. The normalized spacial score (nSPS) is 11.7. The summed E-state index contributed by atoms with van der Waals surface area (Å²) in [5.74, 6) is -0.463. The number of amides is 1. The molecule has 7 heavy (non-hydrogen) atoms. The molecular formula is C3H9ClN2O. The molecule has 0 bridgehead atoms. The summed E-state index contributed by atoms with van der Waals surface area (Å²) in [6.07, 6.45) is 0. The van der Waals surface area contributed by atoms with E-state index >= 15 is 0 Å². The van der Waals surface area contributed by atoms with E-state index in [1.54, 1.807) is 6.92 Å². The third-order valence-electron chi connectivity index (χ3n) is 0.449. The maximum atomic E-state index is 9.80. The Balaban J connectivity index is 0. The van der Waals surface area contributed by atoms with Crippen LogP contribution in [0.2, 0.25) is 0 Å². The second kappa shape index (κ2) is 3.89. The van der Waals surface area contributed by atoms with Gasteiger partial charge in [0.05, 0.1) is 6.04 Å². The molecule has 0 rings (SSSR count). The first kappa shape index (κ1) is 9.87. The zero-order valence-electron chi connectivity index (χ0n) is 4.05. The summed E-state index contributed by atoms with van der Waals surface area (Å²) in [7, 11) is 0. The van der Waals surface area contributed by atoms with Crippen molar-refractivity contribution in [3.05, 3.63) is 0 Å². The van der Waals surface area contributed by atoms with Crippen LogP contribution in [-0.4, -0.2) is 11.9 Å². The lowest BCUT2D eigenvalue weighted by atomic mass is 10.4. The van der Waals surface area contributed by atoms with E-state index in [9.17, 15) is 4.79 Å². The lowest BCUT2D eigenvalue weighted by Crippen LogP contribution is -2.32. The third kappa shape index (κ3) is 5.72. The fourth-order valence-electron chi connectivity index (χ4n) is 0. The van der Waals surface area contributed by atoms with Crippen LogP contribution in [0.3, 0.4) is 0 Å². The highest BCUT2D eigenvalue weighted by atomic mass is 35.5. The summed E-state index contributed by atoms with van der Waals surface area (Å²) in [5.41, 5.74) is 9.63. The van der Waals surface area contributed by atoms with E-state index < -0.39 is 11.9 Å². The molecule has 1 amide bonds. The number of halogens is 1. The van der Waals surface area contributed by atoms with E-state index in [1.807, 2.05) is 0 Å². The first-order chi connectivity index (χ1) is 2.64. The monoisotopic (exact) mass is 124 g/mol. The zero-order valence-corrected chi connectivity index (χ0v) is 4.87. The molecule has 0 aliphatic carbocycles. The summed E-state index contributed by atoms with van der Waals surface area (Å²) in [5, 5.41) is 0. The van der Waals surface area contributed by atoms with E-state index in [4.69, 9.17) is 5.73 Å². The lowest BCUT2D eigenvalue weighted by molar-refractivity contribution is -0.118. The van der Waals surface area contributed by atoms with Crippen molar-refractivity contribution in [2.45, 2.75) is 13.0 Å². The molecule has 0 radical (unpaired) electrons. The number of carbonyl (C=O) groups is 1. The topological polar surface area (TPSA) is 69.1 Å². The molecule has 0 fully saturated rings. The summed E-state index contributed by atoms with van der Waals surface area (Å²) in [6.45, 7) is 1.54. The highest BCUT2D eigenvalue weighted by molar-refractivity contribution is 5.85. The average molecular weight is 125 g/mol. The molecule has 0 spiro atoms. The number of hydrogen-bond donors (Lipinski definition) is 2. The van der Waals surface area contributed by atoms with Crippen LogP contribution in [0.25, 0.3) is 0 Å². The molecule has 0 unspecified atom stereocenters. The zero-order chi connectivity index (χ0) is 5.15. The highest BCUT2D eigenvalue weighted by Gasteiger charge is 1.96. The second-order valence-electron chi connectivity index (χ2n) is 1.19. The molecule has 0 aliphatic rings. The third-order valence-corrected chi connectivity index (χ3v) is 0.449. The fraction of sp³-hybridized carbons (Fsp3) is 0.667. The Hall–Kier alpha value is -0.280. The summed E-state index contributed by atoms with van der Waals surface area (Å²) in [6, 6.07) is -0.509. The first-order valence-electron chi connectivity index (χ1n) is 1.69. The van der Waals surface area contributed by atoms with E-state index in [2.05, 4.69) is 5.73 Å². The van der Waals surface area contributed by atoms with Gasteiger partial charge in [0.25, 0.3) is 0 Å². The van der Waals surface area contributed by atoms with E-state index in [-0.39, 0.29) is 12.4 Å². The van der Waals surface area contributed by atoms with Crippen LogP contribution in [0.5, 0.6) is 0 Å². The Morgan fingerprint density at radius 3 is 1.86 bits per heavy atom. The Labute approximate surface area is 48.5 Å². The van der Waals surface area contributed by atoms with Gasteiger partial charge >= 0.3 is 0 Å². The van der Waals surface area contributed by atoms with Crippen molar-refractivity contribution in [3.63, 3.8) is 0 Å². The number of rotatable bonds is 1. The Kier molecular flexibility index (Phi) is 5.49. The lowest BCUT2D eigenvalue weighted by Gasteiger charge is -1.91. The standard InChI is InChI=1S/C3H8N2O.ClH/c1-2(4)3(5)6;/h2H,4H2,1H3,(H2,5,6);1H/t2-;/m1./s1. The van der Waals surface area contributed by atoms with Gasteiger partial charge in [-0.3, -0.25) is 4.79 Å². The van der Waals surface area contributed by atoms with Gasteiger partial charge < -0.3 is 11.5 Å². The number of hydrogen-bond acceptors (Lipinski definition) is 2. The van der Waals surface area contributed by atoms with Gasteiger partial charge in [-0.15, -0.1) is 12.4 Å². The summed E-state index contributed by atoms with van der Waals surface area (Å²) in [4.78, 5) is 9.80. The van der Waals surface area contributed by atoms with Gasteiger partial charge in [-0.05, 0) is 6.92 Å². The maximum absolute atomic E-state index is 9.80. The van der Waals surface area contributed by atoms with Crippen LogP contribution in [0, 0.1) is 0 Å². The summed E-state index contributed by atoms with van der Waals surface area (Å²) < 4.78 is 0. The minimum Gasteiger partial charge on any atom is -0.368 e. The molecule has 4 heteroatoms. The predicted octanol–water partition coefficient (Wildman–Crippen LogP) is -0.759. The molecule has 0 saturated carbocycles. The molecule has 0 aromatic heterocycles. The smallest absolute Gasteiger partial charge is 0.234 e. The van der Waals surface area contributed by atoms with Crippen molar-refractivity contribution >= 4 is 18.3 Å². The van der Waals surface area contributed by atoms with Crippen molar-refractivity contribution in [2.75, 3.05) is 0 Å². The maximum Gasteiger partial charge on any atom is 0.234 e. The van der Waals surface area contributed by atoms with Crippen LogP contribution >= 0.6 is 12.4 Å². The van der Waals surface area contributed by atoms with Gasteiger partial charge in [0.2, 0.25) is 5.91 Å². The minimum absolute atomic E-state index is 0. The van der Waals surface area contributed by atoms with Gasteiger partial charge in [-0.25, -0.2) is 0 Å². The largest absolute Gasteiger partial charge is 0.368 e. The minimum atomic E-state index is -0.509. The number of carbonyl (C=O) groups excluding carboxylic acids is 1. The van der Waals surface area contributed by atoms with Gasteiger partial charge in [-0.1, -0.05) is 0 Å². The van der Waals surface area contributed by atoms with Crippen LogP contribution in [0.1, 0.15) is 6.92 Å². The fourth-order valence-corrected chi connectivity index (χ4v) is 0. The van der Waals surface area contributed by atoms with Gasteiger partial charge in [0.15, 0.2) is 0 Å². The molecule has 0 aromatic carbocycles. The van der Waals surface area contributed by atoms with Crippen molar-refractivity contribution in [1.29, 1.82) is 0 Å². The van der Waals surface area contributed by atoms with E-state index in [0.29, 0.717) is 0 Å². The van der Waals surface area contributed by atoms with Gasteiger partial charge in [-0.2, -0.15) is 0 Å². The van der Waals surface area contributed by atoms with Crippen molar-refractivity contribution in [2.24, 2.45) is 11.5 Å². The average Bonchev–Trinajstić information content (AvgIpc) is 1.36. The Bertz CT molecular complexity index is 64.0. The molecule has 0 aliphatic heterocycles. The second-order valence-corrected chi connectivity index (χ2v) is 1.19. The molecule has 0 aromatic rings. The molecule has 0 saturated heterocycles. The van der Waals surface area contributed by atoms with E-state index in [1.165, 1.54) is 0 Å². The number of primary amides is 1. The van der Waals surface area contributed by atoms with E-state index in [0.717, 1.165) is 0 Å². The molecule has 3 nitrogen and oxygen atoms in total. The van der Waals surface area contributed by atoms with Crippen LogP contribution in [0.15, 0.2) is 0 Å². The van der Waals surface area contributed by atoms with Crippen LogP contribution in [0.4, 0.5) is 0 Å². The highest BCUT2D eigenvalue weighted by Crippen LogP contribution is 1.64. The SMILES string of the molecule is C[C@@H](N)C(N)=O.Cl. The van der Waals surface area contributed by atoms with Gasteiger partial charge in [0.1, 0.15) is 0 Å². The molecule has 0 heterocycles. The molecule has 4 N–H and O–H groups in total. The number of nitrogens with two attached hydrogens (primary N) is 2. The molecule has 1 atom stereocenters. The molecular weight excluding hydrogens is 115 g/mol. The summed E-state index contributed by atoms with van der Waals surface area (Å²) >= 11 is 0. The molecule has 44 valence electrons. The predicted molar refractivity (Wildman–Crippen MR) is 30.1 cm³/mol. The van der Waals surface area contributed by atoms with Crippen molar-refractivity contribution < 1.29 is 4.79 Å². The van der Waals surface area contributed by atoms with Crippen LogP contribution < -0.4 is 11.5 Å². The van der Waals surface area contributed by atoms with Crippen molar-refractivity contribution in [1.82, 2.24) is 0 Å². The Morgan fingerprint density at radius 1 is 1.71 bits per heavy atom. The quantitative estimate of drug-likeness (QED) is 0.483. The van der Waals surface area contributed by atoms with Crippen molar-refractivity contribution in [3.8, 4) is 0 Å². The van der Waals surface area contributed by atoms with Gasteiger partial charge in [0, 0.05) is 0 Å². The van der Waals surface area contributed by atoms with Crippen LogP contribution in [-0.2, 0) is 4.79 Å². The Morgan fingerprint density at radius 2 is 1.86 bits per heavy atom.